The summed E-state index contributed by atoms with van der Waals surface area (Å²) in [5.41, 5.74) is 2.98. The van der Waals surface area contributed by atoms with Crippen molar-refractivity contribution < 1.29 is 9.84 Å². The lowest BCUT2D eigenvalue weighted by Crippen LogP contribution is -2.32. The second-order valence-electron chi connectivity index (χ2n) is 5.49. The zero-order chi connectivity index (χ0) is 14.2. The van der Waals surface area contributed by atoms with E-state index in [2.05, 4.69) is 28.1 Å². The Hall–Kier alpha value is -1.32. The van der Waals surface area contributed by atoms with Crippen LogP contribution in [0.15, 0.2) is 46.9 Å². The van der Waals surface area contributed by atoms with Gasteiger partial charge in [-0.25, -0.2) is 0 Å². The largest absolute Gasteiger partial charge is 0.496 e. The zero-order valence-electron chi connectivity index (χ0n) is 11.4. The van der Waals surface area contributed by atoms with Gasteiger partial charge in [-0.15, -0.1) is 0 Å². The van der Waals surface area contributed by atoms with E-state index in [1.165, 1.54) is 11.1 Å². The van der Waals surface area contributed by atoms with Gasteiger partial charge in [0.15, 0.2) is 0 Å². The molecule has 0 atom stereocenters. The predicted molar refractivity (Wildman–Crippen MR) is 83.2 cm³/mol. The molecule has 0 spiro atoms. The summed E-state index contributed by atoms with van der Waals surface area (Å²) in [7, 11) is 1.65. The molecule has 1 aliphatic rings. The monoisotopic (exact) mass is 332 g/mol. The normalized spacial score (nSPS) is 15.9. The molecule has 0 heterocycles. The van der Waals surface area contributed by atoms with Crippen molar-refractivity contribution in [3.05, 3.63) is 63.6 Å². The molecule has 0 radical (unpaired) electrons. The van der Waals surface area contributed by atoms with Gasteiger partial charge in [0, 0.05) is 19.3 Å². The number of methoxy groups -OCH3 is 1. The molecule has 0 saturated heterocycles. The lowest BCUT2D eigenvalue weighted by atomic mass is 9.91. The molecule has 20 heavy (non-hydrogen) atoms. The van der Waals surface area contributed by atoms with Gasteiger partial charge in [0.2, 0.25) is 0 Å². The molecular formula is C17H17BrO2. The zero-order valence-corrected chi connectivity index (χ0v) is 13.0. The molecule has 1 N–H and O–H groups in total. The molecule has 0 saturated carbocycles. The molecule has 2 nitrogen and oxygen atoms in total. The van der Waals surface area contributed by atoms with E-state index in [9.17, 15) is 5.11 Å². The molecular weight excluding hydrogens is 316 g/mol. The van der Waals surface area contributed by atoms with Crippen molar-refractivity contribution in [2.75, 3.05) is 7.11 Å². The van der Waals surface area contributed by atoms with Crippen LogP contribution >= 0.6 is 15.9 Å². The first-order valence-corrected chi connectivity index (χ1v) is 7.50. The quantitative estimate of drug-likeness (QED) is 0.931. The van der Waals surface area contributed by atoms with Crippen molar-refractivity contribution in [3.63, 3.8) is 0 Å². The molecule has 3 rings (SSSR count). The summed E-state index contributed by atoms with van der Waals surface area (Å²) in [6, 6.07) is 14.3. The van der Waals surface area contributed by atoms with Crippen molar-refractivity contribution in [2.24, 2.45) is 0 Å². The van der Waals surface area contributed by atoms with Crippen molar-refractivity contribution in [1.29, 1.82) is 0 Å². The van der Waals surface area contributed by atoms with E-state index in [-0.39, 0.29) is 0 Å². The van der Waals surface area contributed by atoms with Gasteiger partial charge >= 0.3 is 0 Å². The maximum Gasteiger partial charge on any atom is 0.133 e. The van der Waals surface area contributed by atoms with E-state index in [4.69, 9.17) is 4.74 Å². The number of aliphatic hydroxyl groups is 1. The molecule has 104 valence electrons. The maximum atomic E-state index is 10.8. The number of fused-ring (bicyclic) bond motifs is 1. The Morgan fingerprint density at radius 1 is 1.15 bits per heavy atom. The van der Waals surface area contributed by atoms with Crippen LogP contribution in [-0.4, -0.2) is 17.8 Å². The lowest BCUT2D eigenvalue weighted by molar-refractivity contribution is 0.0518. The van der Waals surface area contributed by atoms with E-state index in [1.54, 1.807) is 7.11 Å². The van der Waals surface area contributed by atoms with E-state index in [0.29, 0.717) is 6.42 Å². The molecule has 3 heteroatoms. The Balaban J connectivity index is 1.80. The van der Waals surface area contributed by atoms with Crippen molar-refractivity contribution in [2.45, 2.75) is 24.9 Å². The highest BCUT2D eigenvalue weighted by atomic mass is 79.9. The fourth-order valence-electron chi connectivity index (χ4n) is 3.00. The number of hydrogen-bond acceptors (Lipinski definition) is 2. The highest BCUT2D eigenvalue weighted by molar-refractivity contribution is 9.10. The molecule has 2 aromatic rings. The van der Waals surface area contributed by atoms with Crippen LogP contribution in [0.2, 0.25) is 0 Å². The summed E-state index contributed by atoms with van der Waals surface area (Å²) in [6.07, 6.45) is 2.11. The Morgan fingerprint density at radius 3 is 2.35 bits per heavy atom. The number of hydrogen-bond donors (Lipinski definition) is 1. The molecule has 1 aliphatic carbocycles. The number of rotatable bonds is 3. The number of benzene rings is 2. The molecule has 0 amide bonds. The van der Waals surface area contributed by atoms with Gasteiger partial charge < -0.3 is 9.84 Å². The Morgan fingerprint density at radius 2 is 1.80 bits per heavy atom. The van der Waals surface area contributed by atoms with E-state index in [0.717, 1.165) is 28.6 Å². The van der Waals surface area contributed by atoms with Gasteiger partial charge in [0.05, 0.1) is 17.2 Å². The van der Waals surface area contributed by atoms with Crippen LogP contribution in [0.4, 0.5) is 0 Å². The van der Waals surface area contributed by atoms with E-state index in [1.807, 2.05) is 30.3 Å². The smallest absolute Gasteiger partial charge is 0.133 e. The summed E-state index contributed by atoms with van der Waals surface area (Å²) in [6.45, 7) is 0. The molecule has 0 unspecified atom stereocenters. The van der Waals surface area contributed by atoms with Gasteiger partial charge in [-0.1, -0.05) is 30.3 Å². The molecule has 0 bridgehead atoms. The van der Waals surface area contributed by atoms with Gasteiger partial charge in [-0.05, 0) is 44.8 Å². The lowest BCUT2D eigenvalue weighted by Gasteiger charge is -2.22. The van der Waals surface area contributed by atoms with Crippen molar-refractivity contribution in [3.8, 4) is 5.75 Å². The van der Waals surface area contributed by atoms with Gasteiger partial charge in [-0.3, -0.25) is 0 Å². The molecule has 0 aromatic heterocycles. The molecule has 0 aliphatic heterocycles. The van der Waals surface area contributed by atoms with E-state index < -0.39 is 5.60 Å². The minimum Gasteiger partial charge on any atom is -0.496 e. The Bertz CT molecular complexity index is 612. The van der Waals surface area contributed by atoms with E-state index >= 15 is 0 Å². The van der Waals surface area contributed by atoms with Crippen LogP contribution in [0.1, 0.15) is 16.7 Å². The van der Waals surface area contributed by atoms with Crippen LogP contribution in [0.5, 0.6) is 5.75 Å². The van der Waals surface area contributed by atoms with Gasteiger partial charge in [0.1, 0.15) is 5.75 Å². The van der Waals surface area contributed by atoms with Crippen LogP contribution in [0.25, 0.3) is 0 Å². The highest BCUT2D eigenvalue weighted by Crippen LogP contribution is 2.34. The highest BCUT2D eigenvalue weighted by Gasteiger charge is 2.34. The van der Waals surface area contributed by atoms with Gasteiger partial charge in [0.25, 0.3) is 0 Å². The Labute approximate surface area is 127 Å². The second-order valence-corrected chi connectivity index (χ2v) is 6.35. The third-order valence-corrected chi connectivity index (χ3v) is 4.53. The average Bonchev–Trinajstić information content (AvgIpc) is 2.74. The summed E-state index contributed by atoms with van der Waals surface area (Å²) in [5.74, 6) is 0.815. The summed E-state index contributed by atoms with van der Waals surface area (Å²) in [5, 5.41) is 10.8. The fourth-order valence-corrected chi connectivity index (χ4v) is 3.59. The third kappa shape index (κ3) is 2.60. The first-order valence-electron chi connectivity index (χ1n) is 6.71. The van der Waals surface area contributed by atoms with Gasteiger partial charge in [-0.2, -0.15) is 0 Å². The first kappa shape index (κ1) is 13.7. The Kier molecular flexibility index (Phi) is 3.57. The summed E-state index contributed by atoms with van der Waals surface area (Å²) < 4.78 is 6.16. The van der Waals surface area contributed by atoms with Crippen molar-refractivity contribution >= 4 is 15.9 Å². The van der Waals surface area contributed by atoms with Crippen LogP contribution in [0, 0.1) is 0 Å². The SMILES string of the molecule is COc1ccc(CC2(O)Cc3ccccc3C2)cc1Br. The summed E-state index contributed by atoms with van der Waals surface area (Å²) >= 11 is 3.50. The minimum absolute atomic E-state index is 0.657. The molecule has 2 aromatic carbocycles. The average molecular weight is 333 g/mol. The van der Waals surface area contributed by atoms with Crippen LogP contribution in [0.3, 0.4) is 0 Å². The standard InChI is InChI=1S/C17H17BrO2/c1-20-16-7-6-12(8-15(16)18)9-17(19)10-13-4-2-3-5-14(13)11-17/h2-8,19H,9-11H2,1H3. The van der Waals surface area contributed by atoms with Crippen LogP contribution < -0.4 is 4.74 Å². The molecule has 0 fully saturated rings. The van der Waals surface area contributed by atoms with Crippen LogP contribution in [-0.2, 0) is 19.3 Å². The maximum absolute atomic E-state index is 10.8. The fraction of sp³-hybridized carbons (Fsp3) is 0.294. The summed E-state index contributed by atoms with van der Waals surface area (Å²) in [4.78, 5) is 0. The predicted octanol–water partition coefficient (Wildman–Crippen LogP) is 3.53. The first-order chi connectivity index (χ1) is 9.59. The number of ether oxygens (including phenoxy) is 1. The van der Waals surface area contributed by atoms with Crippen molar-refractivity contribution in [1.82, 2.24) is 0 Å². The number of halogens is 1. The minimum atomic E-state index is -0.669. The topological polar surface area (TPSA) is 29.5 Å². The third-order valence-electron chi connectivity index (χ3n) is 3.91. The second kappa shape index (κ2) is 5.23.